The topological polar surface area (TPSA) is 47.0 Å². The number of anilines is 1. The van der Waals surface area contributed by atoms with Crippen LogP contribution in [0.5, 0.6) is 11.6 Å². The number of hydrogen-bond donors (Lipinski definition) is 1. The van der Waals surface area contributed by atoms with Crippen molar-refractivity contribution in [2.75, 3.05) is 11.9 Å². The fourth-order valence-electron chi connectivity index (χ4n) is 1.89. The molecule has 21 heavy (non-hydrogen) atoms. The lowest BCUT2D eigenvalue weighted by molar-refractivity contribution is 0.453. The van der Waals surface area contributed by atoms with Crippen LogP contribution in [0.15, 0.2) is 30.3 Å². The van der Waals surface area contributed by atoms with E-state index in [1.54, 1.807) is 0 Å². The minimum Gasteiger partial charge on any atom is -0.439 e. The van der Waals surface area contributed by atoms with Crippen molar-refractivity contribution in [3.63, 3.8) is 0 Å². The maximum absolute atomic E-state index is 5.93. The van der Waals surface area contributed by atoms with Crippen molar-refractivity contribution in [1.29, 1.82) is 0 Å². The van der Waals surface area contributed by atoms with Gasteiger partial charge in [-0.05, 0) is 25.5 Å². The van der Waals surface area contributed by atoms with Crippen LogP contribution in [0, 0.1) is 6.92 Å². The highest BCUT2D eigenvalue weighted by Gasteiger charge is 2.14. The van der Waals surface area contributed by atoms with Gasteiger partial charge in [-0.2, -0.15) is 4.98 Å². The summed E-state index contributed by atoms with van der Waals surface area (Å²) >= 11 is 0. The van der Waals surface area contributed by atoms with Crippen molar-refractivity contribution in [1.82, 2.24) is 9.97 Å². The number of hydrogen-bond acceptors (Lipinski definition) is 4. The van der Waals surface area contributed by atoms with Crippen molar-refractivity contribution >= 4 is 5.82 Å². The molecular weight excluding hydrogens is 262 g/mol. The molecule has 0 spiro atoms. The van der Waals surface area contributed by atoms with E-state index in [1.807, 2.05) is 37.3 Å². The molecule has 0 fully saturated rings. The van der Waals surface area contributed by atoms with Gasteiger partial charge in [0.05, 0.1) is 5.56 Å². The summed E-state index contributed by atoms with van der Waals surface area (Å²) in [5, 5.41) is 3.35. The van der Waals surface area contributed by atoms with Crippen molar-refractivity contribution in [3.8, 4) is 11.6 Å². The second kappa shape index (κ2) is 7.07. The van der Waals surface area contributed by atoms with Crippen LogP contribution in [0.25, 0.3) is 0 Å². The molecule has 1 N–H and O–H groups in total. The van der Waals surface area contributed by atoms with Crippen LogP contribution in [0.1, 0.15) is 44.5 Å². The normalized spacial score (nSPS) is 10.7. The minimum atomic E-state index is 0.255. The largest absolute Gasteiger partial charge is 0.439 e. The first-order valence-corrected chi connectivity index (χ1v) is 7.47. The summed E-state index contributed by atoms with van der Waals surface area (Å²) in [7, 11) is 0. The van der Waals surface area contributed by atoms with E-state index in [4.69, 9.17) is 4.74 Å². The van der Waals surface area contributed by atoms with Crippen molar-refractivity contribution < 1.29 is 4.74 Å². The van der Waals surface area contributed by atoms with E-state index < -0.39 is 0 Å². The highest BCUT2D eigenvalue weighted by molar-refractivity contribution is 5.49. The van der Waals surface area contributed by atoms with Crippen LogP contribution in [0.3, 0.4) is 0 Å². The summed E-state index contributed by atoms with van der Waals surface area (Å²) in [6.45, 7) is 9.18. The Labute approximate surface area is 126 Å². The van der Waals surface area contributed by atoms with Gasteiger partial charge in [-0.1, -0.05) is 39.0 Å². The molecule has 1 aromatic carbocycles. The zero-order valence-corrected chi connectivity index (χ0v) is 13.2. The third-order valence-electron chi connectivity index (χ3n) is 3.14. The number of aromatic nitrogens is 2. The monoisotopic (exact) mass is 285 g/mol. The predicted octanol–water partition coefficient (Wildman–Crippen LogP) is 4.52. The second-order valence-electron chi connectivity index (χ2n) is 5.36. The Morgan fingerprint density at radius 2 is 1.86 bits per heavy atom. The zero-order valence-electron chi connectivity index (χ0n) is 13.2. The molecule has 0 aliphatic carbocycles. The molecular formula is C17H23N3O. The summed E-state index contributed by atoms with van der Waals surface area (Å²) in [5.74, 6) is 3.33. The Morgan fingerprint density at radius 1 is 1.14 bits per heavy atom. The first-order valence-electron chi connectivity index (χ1n) is 7.47. The maximum Gasteiger partial charge on any atom is 0.227 e. The molecule has 0 amide bonds. The quantitative estimate of drug-likeness (QED) is 0.847. The van der Waals surface area contributed by atoms with E-state index in [1.165, 1.54) is 0 Å². The number of nitrogens with zero attached hydrogens (tertiary/aromatic N) is 2. The zero-order chi connectivity index (χ0) is 15.2. The van der Waals surface area contributed by atoms with Gasteiger partial charge in [-0.25, -0.2) is 4.98 Å². The summed E-state index contributed by atoms with van der Waals surface area (Å²) in [4.78, 5) is 9.17. The standard InChI is InChI=1S/C17H23N3O/c1-5-11-18-16-13(4)17(20-15(19-16)12(2)3)21-14-9-7-6-8-10-14/h6-10,12H,5,11H2,1-4H3,(H,18,19,20). The molecule has 112 valence electrons. The van der Waals surface area contributed by atoms with Gasteiger partial charge in [0.25, 0.3) is 0 Å². The fourth-order valence-corrected chi connectivity index (χ4v) is 1.89. The van der Waals surface area contributed by atoms with Gasteiger partial charge in [0, 0.05) is 12.5 Å². The number of benzene rings is 1. The van der Waals surface area contributed by atoms with Gasteiger partial charge in [0.2, 0.25) is 5.88 Å². The molecule has 0 saturated heterocycles. The molecule has 0 bridgehead atoms. The molecule has 0 aliphatic rings. The highest BCUT2D eigenvalue weighted by atomic mass is 16.5. The van der Waals surface area contributed by atoms with Crippen LogP contribution in [-0.4, -0.2) is 16.5 Å². The molecule has 0 atom stereocenters. The van der Waals surface area contributed by atoms with Gasteiger partial charge in [-0.3, -0.25) is 0 Å². The molecule has 1 heterocycles. The fraction of sp³-hybridized carbons (Fsp3) is 0.412. The van der Waals surface area contributed by atoms with E-state index in [2.05, 4.69) is 36.1 Å². The maximum atomic E-state index is 5.93. The third kappa shape index (κ3) is 3.94. The first-order chi connectivity index (χ1) is 10.1. The average molecular weight is 285 g/mol. The van der Waals surface area contributed by atoms with Gasteiger partial charge >= 0.3 is 0 Å². The first kappa shape index (κ1) is 15.3. The SMILES string of the molecule is CCCNc1nc(C(C)C)nc(Oc2ccccc2)c1C. The molecule has 2 rings (SSSR count). The van der Waals surface area contributed by atoms with E-state index >= 15 is 0 Å². The Hall–Kier alpha value is -2.10. The number of rotatable bonds is 6. The summed E-state index contributed by atoms with van der Waals surface area (Å²) in [5.41, 5.74) is 0.941. The minimum absolute atomic E-state index is 0.255. The van der Waals surface area contributed by atoms with Crippen molar-refractivity contribution in [2.24, 2.45) is 0 Å². The molecule has 0 radical (unpaired) electrons. The third-order valence-corrected chi connectivity index (χ3v) is 3.14. The van der Waals surface area contributed by atoms with Gasteiger partial charge < -0.3 is 10.1 Å². The van der Waals surface area contributed by atoms with Crippen LogP contribution in [0.2, 0.25) is 0 Å². The summed E-state index contributed by atoms with van der Waals surface area (Å²) in [6, 6.07) is 9.72. The lowest BCUT2D eigenvalue weighted by atomic mass is 10.2. The van der Waals surface area contributed by atoms with Crippen molar-refractivity contribution in [3.05, 3.63) is 41.7 Å². The Morgan fingerprint density at radius 3 is 2.48 bits per heavy atom. The summed E-state index contributed by atoms with van der Waals surface area (Å²) in [6.07, 6.45) is 1.05. The number of para-hydroxylation sites is 1. The molecule has 1 aromatic heterocycles. The Kier molecular flexibility index (Phi) is 5.14. The van der Waals surface area contributed by atoms with Crippen LogP contribution < -0.4 is 10.1 Å². The Balaban J connectivity index is 2.36. The summed E-state index contributed by atoms with van der Waals surface area (Å²) < 4.78 is 5.93. The average Bonchev–Trinajstić information content (AvgIpc) is 2.49. The van der Waals surface area contributed by atoms with Crippen molar-refractivity contribution in [2.45, 2.75) is 40.0 Å². The molecule has 2 aromatic rings. The molecule has 4 heteroatoms. The van der Waals surface area contributed by atoms with E-state index in [9.17, 15) is 0 Å². The smallest absolute Gasteiger partial charge is 0.227 e. The second-order valence-corrected chi connectivity index (χ2v) is 5.36. The van der Waals surface area contributed by atoms with E-state index in [0.29, 0.717) is 5.88 Å². The predicted molar refractivity (Wildman–Crippen MR) is 86.2 cm³/mol. The molecule has 0 aliphatic heterocycles. The van der Waals surface area contributed by atoms with Gasteiger partial charge in [-0.15, -0.1) is 0 Å². The lowest BCUT2D eigenvalue weighted by Crippen LogP contribution is -2.09. The molecule has 0 saturated carbocycles. The van der Waals surface area contributed by atoms with E-state index in [0.717, 1.165) is 35.9 Å². The molecule has 4 nitrogen and oxygen atoms in total. The van der Waals surface area contributed by atoms with Crippen LogP contribution in [0.4, 0.5) is 5.82 Å². The highest BCUT2D eigenvalue weighted by Crippen LogP contribution is 2.28. The molecule has 0 unspecified atom stereocenters. The van der Waals surface area contributed by atoms with Crippen LogP contribution in [-0.2, 0) is 0 Å². The number of nitrogens with one attached hydrogen (secondary N) is 1. The van der Waals surface area contributed by atoms with Crippen LogP contribution >= 0.6 is 0 Å². The van der Waals surface area contributed by atoms with Gasteiger partial charge in [0.1, 0.15) is 17.4 Å². The van der Waals surface area contributed by atoms with Gasteiger partial charge in [0.15, 0.2) is 0 Å². The Bertz CT molecular complexity index is 582. The lowest BCUT2D eigenvalue weighted by Gasteiger charge is -2.15. The number of ether oxygens (including phenoxy) is 1. The van der Waals surface area contributed by atoms with E-state index in [-0.39, 0.29) is 5.92 Å².